The summed E-state index contributed by atoms with van der Waals surface area (Å²) < 4.78 is 28.2. The number of amides is 2. The number of nitrogens with one attached hydrogen (secondary N) is 1. The quantitative estimate of drug-likeness (QED) is 0.791. The number of sulfonamides is 1. The molecule has 3 rings (SSSR count). The summed E-state index contributed by atoms with van der Waals surface area (Å²) in [5.41, 5.74) is 0.218. The van der Waals surface area contributed by atoms with Crippen LogP contribution in [0.25, 0.3) is 0 Å². The van der Waals surface area contributed by atoms with E-state index in [-0.39, 0.29) is 34.9 Å². The van der Waals surface area contributed by atoms with Crippen molar-refractivity contribution in [2.75, 3.05) is 19.0 Å². The third kappa shape index (κ3) is 3.83. The van der Waals surface area contributed by atoms with Gasteiger partial charge >= 0.3 is 0 Å². The number of ether oxygens (including phenoxy) is 1. The second kappa shape index (κ2) is 7.24. The van der Waals surface area contributed by atoms with Gasteiger partial charge in [0.1, 0.15) is 5.75 Å². The molecule has 9 heteroatoms. The number of anilines is 1. The molecule has 2 aliphatic rings. The number of carbonyl (C=O) groups is 2. The lowest BCUT2D eigenvalue weighted by Gasteiger charge is -2.24. The molecule has 0 aromatic heterocycles. The van der Waals surface area contributed by atoms with Crippen molar-refractivity contribution in [2.45, 2.75) is 43.0 Å². The van der Waals surface area contributed by atoms with Gasteiger partial charge in [-0.15, -0.1) is 0 Å². The molecule has 1 saturated heterocycles. The minimum absolute atomic E-state index is 0.00213. The molecule has 1 aromatic carbocycles. The molecule has 1 atom stereocenters. The fourth-order valence-corrected chi connectivity index (χ4v) is 4.21. The number of primary sulfonamides is 1. The lowest BCUT2D eigenvalue weighted by Crippen LogP contribution is -2.35. The highest BCUT2D eigenvalue weighted by atomic mass is 32.2. The monoisotopic (exact) mass is 381 g/mol. The highest BCUT2D eigenvalue weighted by molar-refractivity contribution is 7.89. The van der Waals surface area contributed by atoms with Crippen molar-refractivity contribution in [3.05, 3.63) is 18.2 Å². The zero-order valence-corrected chi connectivity index (χ0v) is 15.4. The molecule has 2 amide bonds. The molecular formula is C17H23N3O5S. The number of nitrogens with zero attached hydrogens (tertiary/aromatic N) is 1. The number of nitrogens with two attached hydrogens (primary N) is 1. The molecule has 1 aliphatic carbocycles. The van der Waals surface area contributed by atoms with Crippen molar-refractivity contribution in [1.82, 2.24) is 4.90 Å². The number of hydrogen-bond acceptors (Lipinski definition) is 5. The fourth-order valence-electron chi connectivity index (χ4n) is 3.67. The predicted molar refractivity (Wildman–Crippen MR) is 95.1 cm³/mol. The van der Waals surface area contributed by atoms with Crippen LogP contribution >= 0.6 is 0 Å². The number of methoxy groups -OCH3 is 1. The Hall–Kier alpha value is -2.13. The summed E-state index contributed by atoms with van der Waals surface area (Å²) in [7, 11) is -2.48. The molecule has 1 heterocycles. The normalized spacial score (nSPS) is 21.2. The first kappa shape index (κ1) is 18.7. The van der Waals surface area contributed by atoms with Crippen molar-refractivity contribution in [1.29, 1.82) is 0 Å². The van der Waals surface area contributed by atoms with Gasteiger partial charge in [-0.05, 0) is 31.0 Å². The van der Waals surface area contributed by atoms with Crippen molar-refractivity contribution >= 4 is 27.5 Å². The number of hydrogen-bond donors (Lipinski definition) is 2. The largest absolute Gasteiger partial charge is 0.495 e. The molecule has 1 aromatic rings. The van der Waals surface area contributed by atoms with Gasteiger partial charge in [-0.2, -0.15) is 0 Å². The molecule has 1 aliphatic heterocycles. The van der Waals surface area contributed by atoms with E-state index < -0.39 is 15.9 Å². The Morgan fingerprint density at radius 1 is 1.31 bits per heavy atom. The van der Waals surface area contributed by atoms with Crippen molar-refractivity contribution < 1.29 is 22.7 Å². The van der Waals surface area contributed by atoms with Gasteiger partial charge in [0.05, 0.1) is 23.6 Å². The van der Waals surface area contributed by atoms with Crippen LogP contribution in [0.3, 0.4) is 0 Å². The summed E-state index contributed by atoms with van der Waals surface area (Å²) in [6, 6.07) is 4.24. The molecule has 1 unspecified atom stereocenters. The van der Waals surface area contributed by atoms with Crippen LogP contribution in [0.15, 0.2) is 23.1 Å². The number of carbonyl (C=O) groups excluding carboxylic acids is 2. The number of likely N-dealkylation sites (tertiary alicyclic amines) is 1. The third-order valence-electron chi connectivity index (χ3n) is 5.05. The molecule has 8 nitrogen and oxygen atoms in total. The van der Waals surface area contributed by atoms with E-state index in [0.717, 1.165) is 25.7 Å². The minimum atomic E-state index is -3.90. The van der Waals surface area contributed by atoms with E-state index >= 15 is 0 Å². The zero-order valence-electron chi connectivity index (χ0n) is 14.6. The van der Waals surface area contributed by atoms with Crippen LogP contribution in [0.1, 0.15) is 32.1 Å². The lowest BCUT2D eigenvalue weighted by molar-refractivity contribution is -0.129. The van der Waals surface area contributed by atoms with Crippen LogP contribution in [0.4, 0.5) is 5.69 Å². The Kier molecular flexibility index (Phi) is 5.19. The molecule has 26 heavy (non-hydrogen) atoms. The first-order valence-electron chi connectivity index (χ1n) is 8.61. The van der Waals surface area contributed by atoms with E-state index in [9.17, 15) is 18.0 Å². The van der Waals surface area contributed by atoms with E-state index in [4.69, 9.17) is 9.88 Å². The Labute approximate surface area is 152 Å². The summed E-state index contributed by atoms with van der Waals surface area (Å²) in [6.07, 6.45) is 4.37. The van der Waals surface area contributed by atoms with Gasteiger partial charge in [-0.1, -0.05) is 12.8 Å². The second-order valence-electron chi connectivity index (χ2n) is 6.78. The average Bonchev–Trinajstić information content (AvgIpc) is 3.23. The summed E-state index contributed by atoms with van der Waals surface area (Å²) in [4.78, 5) is 26.6. The van der Waals surface area contributed by atoms with Crippen LogP contribution in [0.2, 0.25) is 0 Å². The van der Waals surface area contributed by atoms with Gasteiger partial charge in [-0.25, -0.2) is 13.6 Å². The smallest absolute Gasteiger partial charge is 0.238 e. The average molecular weight is 381 g/mol. The topological polar surface area (TPSA) is 119 Å². The van der Waals surface area contributed by atoms with Gasteiger partial charge < -0.3 is 15.0 Å². The first-order chi connectivity index (χ1) is 12.3. The van der Waals surface area contributed by atoms with Crippen LogP contribution in [0, 0.1) is 5.92 Å². The van der Waals surface area contributed by atoms with E-state index in [1.54, 1.807) is 0 Å². The third-order valence-corrected chi connectivity index (χ3v) is 5.96. The maximum atomic E-state index is 12.6. The fraction of sp³-hybridized carbons (Fsp3) is 0.529. The molecule has 1 saturated carbocycles. The van der Waals surface area contributed by atoms with Crippen molar-refractivity contribution in [2.24, 2.45) is 11.1 Å². The van der Waals surface area contributed by atoms with Gasteiger partial charge in [0.15, 0.2) is 0 Å². The molecule has 0 spiro atoms. The Morgan fingerprint density at radius 2 is 2.00 bits per heavy atom. The summed E-state index contributed by atoms with van der Waals surface area (Å²) in [6.45, 7) is 0.395. The van der Waals surface area contributed by atoms with Gasteiger partial charge in [-0.3, -0.25) is 9.59 Å². The number of benzene rings is 1. The summed E-state index contributed by atoms with van der Waals surface area (Å²) in [5.74, 6) is -0.473. The summed E-state index contributed by atoms with van der Waals surface area (Å²) >= 11 is 0. The first-order valence-corrected chi connectivity index (χ1v) is 10.2. The van der Waals surface area contributed by atoms with Crippen LogP contribution < -0.4 is 15.2 Å². The predicted octanol–water partition coefficient (Wildman–Crippen LogP) is 1.07. The summed E-state index contributed by atoms with van der Waals surface area (Å²) in [5, 5.41) is 7.83. The van der Waals surface area contributed by atoms with Crippen molar-refractivity contribution in [3.8, 4) is 5.75 Å². The Morgan fingerprint density at radius 3 is 2.62 bits per heavy atom. The van der Waals surface area contributed by atoms with Gasteiger partial charge in [0.25, 0.3) is 0 Å². The second-order valence-corrected chi connectivity index (χ2v) is 8.34. The molecule has 2 fully saturated rings. The highest BCUT2D eigenvalue weighted by Gasteiger charge is 2.38. The maximum absolute atomic E-state index is 12.6. The zero-order chi connectivity index (χ0) is 18.9. The van der Waals surface area contributed by atoms with E-state index in [0.29, 0.717) is 12.3 Å². The van der Waals surface area contributed by atoms with Crippen LogP contribution in [0.5, 0.6) is 5.75 Å². The van der Waals surface area contributed by atoms with Crippen molar-refractivity contribution in [3.63, 3.8) is 0 Å². The molecular weight excluding hydrogens is 358 g/mol. The highest BCUT2D eigenvalue weighted by Crippen LogP contribution is 2.31. The Bertz CT molecular complexity index is 818. The Balaban J connectivity index is 1.74. The van der Waals surface area contributed by atoms with Gasteiger partial charge in [0.2, 0.25) is 21.8 Å². The van der Waals surface area contributed by atoms with E-state index in [2.05, 4.69) is 5.32 Å². The molecule has 142 valence electrons. The van der Waals surface area contributed by atoms with E-state index in [1.165, 1.54) is 25.3 Å². The lowest BCUT2D eigenvalue weighted by atomic mass is 10.1. The number of rotatable bonds is 5. The molecule has 3 N–H and O–H groups in total. The minimum Gasteiger partial charge on any atom is -0.495 e. The van der Waals surface area contributed by atoms with Gasteiger partial charge in [0, 0.05) is 19.0 Å². The molecule has 0 bridgehead atoms. The van der Waals surface area contributed by atoms with E-state index in [1.807, 2.05) is 4.90 Å². The van der Waals surface area contributed by atoms with Crippen LogP contribution in [-0.4, -0.2) is 44.8 Å². The van der Waals surface area contributed by atoms with Crippen LogP contribution in [-0.2, 0) is 19.6 Å². The molecule has 0 radical (unpaired) electrons. The standard InChI is InChI=1S/C17H23N3O5S/c1-25-15-7-6-13(26(18,23)24)9-14(15)19-17(22)11-8-16(21)20(10-11)12-4-2-3-5-12/h6-7,9,11-12H,2-5,8,10H2,1H3,(H,19,22)(H2,18,23,24). The maximum Gasteiger partial charge on any atom is 0.238 e. The SMILES string of the molecule is COc1ccc(S(N)(=O)=O)cc1NC(=O)C1CC(=O)N(C2CCCC2)C1.